The minimum Gasteiger partial charge on any atom is -0.508 e. The molecule has 2 rings (SSSR count). The van der Waals surface area contributed by atoms with Gasteiger partial charge in [-0.1, -0.05) is 19.4 Å². The highest BCUT2D eigenvalue weighted by molar-refractivity contribution is 5.36. The zero-order valence-electron chi connectivity index (χ0n) is 8.09. The van der Waals surface area contributed by atoms with Gasteiger partial charge in [0.05, 0.1) is 0 Å². The summed E-state index contributed by atoms with van der Waals surface area (Å²) in [4.78, 5) is 0. The van der Waals surface area contributed by atoms with Gasteiger partial charge in [-0.3, -0.25) is 0 Å². The minimum absolute atomic E-state index is 0.411. The van der Waals surface area contributed by atoms with E-state index in [4.69, 9.17) is 0 Å². The van der Waals surface area contributed by atoms with E-state index in [1.54, 1.807) is 6.07 Å². The Morgan fingerprint density at radius 1 is 1.38 bits per heavy atom. The van der Waals surface area contributed by atoms with Crippen molar-refractivity contribution >= 4 is 0 Å². The number of fused-ring (bicyclic) bond motifs is 1. The summed E-state index contributed by atoms with van der Waals surface area (Å²) in [6.45, 7) is 2.26. The first kappa shape index (κ1) is 8.61. The molecule has 70 valence electrons. The molecule has 1 atom stereocenters. The third-order valence-corrected chi connectivity index (χ3v) is 3.10. The summed E-state index contributed by atoms with van der Waals surface area (Å²) in [5.41, 5.74) is 2.79. The molecule has 0 saturated carbocycles. The highest BCUT2D eigenvalue weighted by Gasteiger charge is 2.16. The summed E-state index contributed by atoms with van der Waals surface area (Å²) in [7, 11) is 0. The zero-order chi connectivity index (χ0) is 9.26. The standard InChI is InChI=1S/C12H16O/c1-2-9-3-4-11-8-12(13)6-5-10(11)7-9/h5-6,8-9,13H,2-4,7H2,1H3. The van der Waals surface area contributed by atoms with Crippen LogP contribution in [0.2, 0.25) is 0 Å². The van der Waals surface area contributed by atoms with Crippen LogP contribution >= 0.6 is 0 Å². The van der Waals surface area contributed by atoms with Gasteiger partial charge in [0.15, 0.2) is 0 Å². The molecule has 0 aromatic heterocycles. The molecule has 0 fully saturated rings. The van der Waals surface area contributed by atoms with Crippen LogP contribution in [0.5, 0.6) is 5.75 Å². The van der Waals surface area contributed by atoms with Gasteiger partial charge < -0.3 is 5.11 Å². The van der Waals surface area contributed by atoms with Crippen molar-refractivity contribution in [2.45, 2.75) is 32.6 Å². The second kappa shape index (κ2) is 3.41. The van der Waals surface area contributed by atoms with Crippen LogP contribution in [0.1, 0.15) is 30.9 Å². The van der Waals surface area contributed by atoms with Crippen molar-refractivity contribution in [1.82, 2.24) is 0 Å². The normalized spacial score (nSPS) is 21.2. The molecule has 0 radical (unpaired) electrons. The number of hydrogen-bond acceptors (Lipinski definition) is 1. The van der Waals surface area contributed by atoms with Crippen molar-refractivity contribution in [3.05, 3.63) is 29.3 Å². The van der Waals surface area contributed by atoms with Crippen molar-refractivity contribution in [3.63, 3.8) is 0 Å². The molecule has 1 nitrogen and oxygen atoms in total. The van der Waals surface area contributed by atoms with E-state index in [-0.39, 0.29) is 0 Å². The molecule has 0 amide bonds. The van der Waals surface area contributed by atoms with Gasteiger partial charge >= 0.3 is 0 Å². The van der Waals surface area contributed by atoms with Crippen LogP contribution in [0, 0.1) is 5.92 Å². The van der Waals surface area contributed by atoms with E-state index in [1.807, 2.05) is 6.07 Å². The first-order chi connectivity index (χ1) is 6.29. The van der Waals surface area contributed by atoms with E-state index in [9.17, 15) is 5.11 Å². The molecule has 13 heavy (non-hydrogen) atoms. The number of phenolic OH excluding ortho intramolecular Hbond substituents is 1. The lowest BCUT2D eigenvalue weighted by Crippen LogP contribution is -2.12. The fourth-order valence-corrected chi connectivity index (χ4v) is 2.17. The van der Waals surface area contributed by atoms with Gasteiger partial charge in [-0.15, -0.1) is 0 Å². The van der Waals surface area contributed by atoms with Crippen LogP contribution in [0.25, 0.3) is 0 Å². The van der Waals surface area contributed by atoms with Gasteiger partial charge in [0.1, 0.15) is 5.75 Å². The number of aromatic hydroxyl groups is 1. The van der Waals surface area contributed by atoms with E-state index in [0.29, 0.717) is 5.75 Å². The number of phenols is 1. The molecule has 1 heteroatoms. The lowest BCUT2D eigenvalue weighted by Gasteiger charge is -2.23. The zero-order valence-corrected chi connectivity index (χ0v) is 8.09. The molecule has 1 N–H and O–H groups in total. The maximum absolute atomic E-state index is 9.31. The molecule has 1 aromatic rings. The fourth-order valence-electron chi connectivity index (χ4n) is 2.17. The summed E-state index contributed by atoms with van der Waals surface area (Å²) in [6.07, 6.45) is 4.90. The summed E-state index contributed by atoms with van der Waals surface area (Å²) >= 11 is 0. The Morgan fingerprint density at radius 3 is 3.00 bits per heavy atom. The van der Waals surface area contributed by atoms with Crippen molar-refractivity contribution in [2.75, 3.05) is 0 Å². The third kappa shape index (κ3) is 1.69. The van der Waals surface area contributed by atoms with Gasteiger partial charge in [0.2, 0.25) is 0 Å². The first-order valence-corrected chi connectivity index (χ1v) is 5.10. The van der Waals surface area contributed by atoms with Crippen molar-refractivity contribution in [2.24, 2.45) is 5.92 Å². The molecule has 0 aliphatic heterocycles. The average Bonchev–Trinajstić information content (AvgIpc) is 2.17. The molecule has 1 aliphatic rings. The molecule has 0 saturated heterocycles. The molecule has 0 bridgehead atoms. The smallest absolute Gasteiger partial charge is 0.115 e. The van der Waals surface area contributed by atoms with Crippen molar-refractivity contribution < 1.29 is 5.11 Å². The molecule has 1 aliphatic carbocycles. The number of rotatable bonds is 1. The van der Waals surface area contributed by atoms with Gasteiger partial charge in [-0.05, 0) is 48.4 Å². The molecule has 1 unspecified atom stereocenters. The highest BCUT2D eigenvalue weighted by Crippen LogP contribution is 2.29. The summed E-state index contributed by atoms with van der Waals surface area (Å²) in [5, 5.41) is 9.31. The second-order valence-corrected chi connectivity index (χ2v) is 3.97. The molecular weight excluding hydrogens is 160 g/mol. The van der Waals surface area contributed by atoms with Crippen LogP contribution in [0.15, 0.2) is 18.2 Å². The Bertz CT molecular complexity index is 304. The number of aryl methyl sites for hydroxylation is 1. The quantitative estimate of drug-likeness (QED) is 0.697. The van der Waals surface area contributed by atoms with Crippen molar-refractivity contribution in [1.29, 1.82) is 0 Å². The van der Waals surface area contributed by atoms with E-state index < -0.39 is 0 Å². The Labute approximate surface area is 79.4 Å². The Morgan fingerprint density at radius 2 is 2.23 bits per heavy atom. The molecule has 0 spiro atoms. The Balaban J connectivity index is 2.26. The molecule has 0 heterocycles. The highest BCUT2D eigenvalue weighted by atomic mass is 16.3. The van der Waals surface area contributed by atoms with Crippen molar-refractivity contribution in [3.8, 4) is 5.75 Å². The topological polar surface area (TPSA) is 20.2 Å². The largest absolute Gasteiger partial charge is 0.508 e. The second-order valence-electron chi connectivity index (χ2n) is 3.97. The first-order valence-electron chi connectivity index (χ1n) is 5.10. The summed E-state index contributed by atoms with van der Waals surface area (Å²) in [5.74, 6) is 1.27. The van der Waals surface area contributed by atoms with Gasteiger partial charge in [-0.25, -0.2) is 0 Å². The monoisotopic (exact) mass is 176 g/mol. The Kier molecular flexibility index (Phi) is 2.26. The summed E-state index contributed by atoms with van der Waals surface area (Å²) in [6, 6.07) is 5.80. The number of benzene rings is 1. The third-order valence-electron chi connectivity index (χ3n) is 3.10. The van der Waals surface area contributed by atoms with E-state index in [0.717, 1.165) is 12.3 Å². The number of hydrogen-bond donors (Lipinski definition) is 1. The maximum Gasteiger partial charge on any atom is 0.115 e. The van der Waals surface area contributed by atoms with Gasteiger partial charge in [0, 0.05) is 0 Å². The maximum atomic E-state index is 9.31. The lowest BCUT2D eigenvalue weighted by molar-refractivity contribution is 0.439. The fraction of sp³-hybridized carbons (Fsp3) is 0.500. The van der Waals surface area contributed by atoms with E-state index >= 15 is 0 Å². The van der Waals surface area contributed by atoms with Crippen LogP contribution in [-0.2, 0) is 12.8 Å². The van der Waals surface area contributed by atoms with Gasteiger partial charge in [0.25, 0.3) is 0 Å². The molecular formula is C12H16O. The Hall–Kier alpha value is -0.980. The lowest BCUT2D eigenvalue weighted by atomic mass is 9.82. The van der Waals surface area contributed by atoms with Crippen LogP contribution in [0.3, 0.4) is 0 Å². The van der Waals surface area contributed by atoms with E-state index in [1.165, 1.54) is 30.4 Å². The van der Waals surface area contributed by atoms with E-state index in [2.05, 4.69) is 13.0 Å². The SMILES string of the molecule is CCC1CCc2cc(O)ccc2C1. The predicted octanol–water partition coefficient (Wildman–Crippen LogP) is 2.91. The van der Waals surface area contributed by atoms with Crippen LogP contribution < -0.4 is 0 Å². The minimum atomic E-state index is 0.411. The predicted molar refractivity (Wildman–Crippen MR) is 53.9 cm³/mol. The molecule has 1 aromatic carbocycles. The van der Waals surface area contributed by atoms with Gasteiger partial charge in [-0.2, -0.15) is 0 Å². The van der Waals surface area contributed by atoms with Crippen LogP contribution in [-0.4, -0.2) is 5.11 Å². The average molecular weight is 176 g/mol. The summed E-state index contributed by atoms with van der Waals surface area (Å²) < 4.78 is 0. The van der Waals surface area contributed by atoms with Crippen LogP contribution in [0.4, 0.5) is 0 Å².